The lowest BCUT2D eigenvalue weighted by Crippen LogP contribution is -2.34. The predicted octanol–water partition coefficient (Wildman–Crippen LogP) is 1.66. The van der Waals surface area contributed by atoms with Gasteiger partial charge in [0.25, 0.3) is 5.91 Å². The number of pyridine rings is 1. The zero-order chi connectivity index (χ0) is 14.3. The number of nitrogens with one attached hydrogen (secondary N) is 1. The molecule has 0 fully saturated rings. The van der Waals surface area contributed by atoms with Crippen molar-refractivity contribution >= 4 is 29.7 Å². The maximum Gasteiger partial charge on any atom is 0.328 e. The fourth-order valence-electron chi connectivity index (χ4n) is 1.40. The standard InChI is InChI=1S/C13H16N2O3S/c1-9(8-19-2)15-13(18)11-5-3-10(7-14-11)4-6-12(16)17/h3-7,9H,8H2,1-2H3,(H,15,18)(H,16,17)/b6-4+. The van der Waals surface area contributed by atoms with Gasteiger partial charge in [0, 0.05) is 24.1 Å². The molecule has 0 aliphatic rings. The first-order valence-corrected chi connectivity index (χ1v) is 7.09. The summed E-state index contributed by atoms with van der Waals surface area (Å²) in [5.74, 6) is -0.409. The van der Waals surface area contributed by atoms with Crippen molar-refractivity contribution in [3.05, 3.63) is 35.7 Å². The second-order valence-electron chi connectivity index (χ2n) is 3.98. The first kappa shape index (κ1) is 15.2. The van der Waals surface area contributed by atoms with E-state index in [4.69, 9.17) is 5.11 Å². The van der Waals surface area contributed by atoms with Crippen molar-refractivity contribution in [3.63, 3.8) is 0 Å². The van der Waals surface area contributed by atoms with Gasteiger partial charge in [-0.25, -0.2) is 4.79 Å². The van der Waals surface area contributed by atoms with Gasteiger partial charge in [-0.1, -0.05) is 6.07 Å². The lowest BCUT2D eigenvalue weighted by atomic mass is 10.2. The Labute approximate surface area is 116 Å². The molecular weight excluding hydrogens is 264 g/mol. The highest BCUT2D eigenvalue weighted by Gasteiger charge is 2.10. The molecule has 102 valence electrons. The second-order valence-corrected chi connectivity index (χ2v) is 4.89. The SMILES string of the molecule is CSCC(C)NC(=O)c1ccc(/C=C/C(=O)O)cn1. The van der Waals surface area contributed by atoms with Gasteiger partial charge in [0.2, 0.25) is 0 Å². The van der Waals surface area contributed by atoms with E-state index in [0.717, 1.165) is 11.8 Å². The van der Waals surface area contributed by atoms with Crippen molar-refractivity contribution in [2.24, 2.45) is 0 Å². The van der Waals surface area contributed by atoms with Gasteiger partial charge < -0.3 is 10.4 Å². The van der Waals surface area contributed by atoms with Crippen molar-refractivity contribution in [2.75, 3.05) is 12.0 Å². The van der Waals surface area contributed by atoms with E-state index < -0.39 is 5.97 Å². The van der Waals surface area contributed by atoms with Crippen LogP contribution in [0.25, 0.3) is 6.08 Å². The molecule has 0 aliphatic heterocycles. The number of hydrogen-bond acceptors (Lipinski definition) is 4. The van der Waals surface area contributed by atoms with E-state index in [9.17, 15) is 9.59 Å². The van der Waals surface area contributed by atoms with Gasteiger partial charge in [-0.3, -0.25) is 9.78 Å². The van der Waals surface area contributed by atoms with Crippen molar-refractivity contribution in [2.45, 2.75) is 13.0 Å². The molecular formula is C13H16N2O3S. The highest BCUT2D eigenvalue weighted by atomic mass is 32.2. The molecule has 0 aliphatic carbocycles. The minimum atomic E-state index is -1.02. The minimum Gasteiger partial charge on any atom is -0.478 e. The molecule has 1 heterocycles. The fourth-order valence-corrected chi connectivity index (χ4v) is 1.98. The molecule has 0 spiro atoms. The van der Waals surface area contributed by atoms with E-state index in [1.165, 1.54) is 12.3 Å². The number of aliphatic carboxylic acids is 1. The summed E-state index contributed by atoms with van der Waals surface area (Å²) in [6, 6.07) is 3.30. The van der Waals surface area contributed by atoms with Crippen molar-refractivity contribution in [1.29, 1.82) is 0 Å². The van der Waals surface area contributed by atoms with E-state index in [1.807, 2.05) is 13.2 Å². The lowest BCUT2D eigenvalue weighted by molar-refractivity contribution is -0.131. The van der Waals surface area contributed by atoms with Gasteiger partial charge in [0.1, 0.15) is 5.69 Å². The molecule has 1 aromatic rings. The molecule has 1 aromatic heterocycles. The van der Waals surface area contributed by atoms with Crippen LogP contribution in [0.2, 0.25) is 0 Å². The number of aromatic nitrogens is 1. The van der Waals surface area contributed by atoms with E-state index >= 15 is 0 Å². The Morgan fingerprint density at radius 2 is 2.26 bits per heavy atom. The summed E-state index contributed by atoms with van der Waals surface area (Å²) in [4.78, 5) is 26.2. The maximum absolute atomic E-state index is 11.8. The van der Waals surface area contributed by atoms with Gasteiger partial charge in [-0.2, -0.15) is 11.8 Å². The van der Waals surface area contributed by atoms with Crippen LogP contribution in [0, 0.1) is 0 Å². The molecule has 0 aromatic carbocycles. The Balaban J connectivity index is 2.65. The largest absolute Gasteiger partial charge is 0.478 e. The number of carbonyl (C=O) groups is 2. The summed E-state index contributed by atoms with van der Waals surface area (Å²) in [6.45, 7) is 1.93. The molecule has 2 N–H and O–H groups in total. The molecule has 1 atom stereocenters. The van der Waals surface area contributed by atoms with E-state index in [2.05, 4.69) is 10.3 Å². The van der Waals surface area contributed by atoms with Gasteiger partial charge in [0.05, 0.1) is 0 Å². The van der Waals surface area contributed by atoms with Crippen LogP contribution in [0.15, 0.2) is 24.4 Å². The quantitative estimate of drug-likeness (QED) is 0.775. The van der Waals surface area contributed by atoms with Crippen molar-refractivity contribution in [1.82, 2.24) is 10.3 Å². The van der Waals surface area contributed by atoms with Crippen LogP contribution in [-0.2, 0) is 4.79 Å². The molecule has 0 saturated carbocycles. The van der Waals surface area contributed by atoms with Crippen LogP contribution in [0.4, 0.5) is 0 Å². The topological polar surface area (TPSA) is 79.3 Å². The Kier molecular flexibility index (Phi) is 6.08. The maximum atomic E-state index is 11.8. The molecule has 0 bridgehead atoms. The molecule has 0 saturated heterocycles. The monoisotopic (exact) mass is 280 g/mol. The van der Waals surface area contributed by atoms with Gasteiger partial charge in [-0.05, 0) is 30.9 Å². The number of carboxylic acid groups (broad SMARTS) is 1. The van der Waals surface area contributed by atoms with Crippen LogP contribution in [0.1, 0.15) is 23.0 Å². The third-order valence-corrected chi connectivity index (χ3v) is 3.06. The molecule has 19 heavy (non-hydrogen) atoms. The van der Waals surface area contributed by atoms with Crippen LogP contribution in [0.3, 0.4) is 0 Å². The summed E-state index contributed by atoms with van der Waals surface area (Å²) < 4.78 is 0. The number of hydrogen-bond donors (Lipinski definition) is 2. The van der Waals surface area contributed by atoms with Crippen molar-refractivity contribution < 1.29 is 14.7 Å². The smallest absolute Gasteiger partial charge is 0.328 e. The number of rotatable bonds is 6. The summed E-state index contributed by atoms with van der Waals surface area (Å²) >= 11 is 1.66. The first-order valence-electron chi connectivity index (χ1n) is 5.69. The molecule has 5 nitrogen and oxygen atoms in total. The Hall–Kier alpha value is -1.82. The number of carbonyl (C=O) groups excluding carboxylic acids is 1. The zero-order valence-corrected chi connectivity index (χ0v) is 11.6. The van der Waals surface area contributed by atoms with Gasteiger partial charge in [0.15, 0.2) is 0 Å². The summed E-state index contributed by atoms with van der Waals surface area (Å²) in [7, 11) is 0. The zero-order valence-electron chi connectivity index (χ0n) is 10.8. The molecule has 0 radical (unpaired) electrons. The van der Waals surface area contributed by atoms with Crippen LogP contribution >= 0.6 is 11.8 Å². The Morgan fingerprint density at radius 1 is 1.53 bits per heavy atom. The number of amides is 1. The normalized spacial score (nSPS) is 12.3. The van der Waals surface area contributed by atoms with Crippen molar-refractivity contribution in [3.8, 4) is 0 Å². The number of nitrogens with zero attached hydrogens (tertiary/aromatic N) is 1. The first-order chi connectivity index (χ1) is 9.02. The van der Waals surface area contributed by atoms with E-state index in [-0.39, 0.29) is 11.9 Å². The minimum absolute atomic E-state index is 0.0795. The predicted molar refractivity (Wildman–Crippen MR) is 76.2 cm³/mol. The lowest BCUT2D eigenvalue weighted by Gasteiger charge is -2.11. The number of carboxylic acids is 1. The fraction of sp³-hybridized carbons (Fsp3) is 0.308. The van der Waals surface area contributed by atoms with Crippen LogP contribution in [0.5, 0.6) is 0 Å². The summed E-state index contributed by atoms with van der Waals surface area (Å²) in [6.07, 6.45) is 5.89. The van der Waals surface area contributed by atoms with Crippen LogP contribution < -0.4 is 5.32 Å². The average Bonchev–Trinajstić information content (AvgIpc) is 2.37. The highest BCUT2D eigenvalue weighted by Crippen LogP contribution is 2.04. The van der Waals surface area contributed by atoms with E-state index in [1.54, 1.807) is 23.9 Å². The third kappa shape index (κ3) is 5.56. The summed E-state index contributed by atoms with van der Waals surface area (Å²) in [5.41, 5.74) is 0.955. The highest BCUT2D eigenvalue weighted by molar-refractivity contribution is 7.98. The number of thioether (sulfide) groups is 1. The van der Waals surface area contributed by atoms with Gasteiger partial charge in [-0.15, -0.1) is 0 Å². The Bertz CT molecular complexity index is 471. The van der Waals surface area contributed by atoms with E-state index in [0.29, 0.717) is 11.3 Å². The van der Waals surface area contributed by atoms with Crippen LogP contribution in [-0.4, -0.2) is 40.0 Å². The molecule has 6 heteroatoms. The molecule has 1 unspecified atom stereocenters. The molecule has 1 amide bonds. The van der Waals surface area contributed by atoms with Gasteiger partial charge >= 0.3 is 5.97 Å². The average molecular weight is 280 g/mol. The Morgan fingerprint density at radius 3 is 2.79 bits per heavy atom. The second kappa shape index (κ2) is 7.58. The summed E-state index contributed by atoms with van der Waals surface area (Å²) in [5, 5.41) is 11.3. The molecule has 1 rings (SSSR count). The third-order valence-electron chi connectivity index (χ3n) is 2.23.